The average molecular weight is 923 g/mol. The first kappa shape index (κ1) is 51.2. The van der Waals surface area contributed by atoms with E-state index in [2.05, 4.69) is 144 Å². The summed E-state index contributed by atoms with van der Waals surface area (Å²) in [5.74, 6) is 12.5. The molecule has 8 bridgehead atoms. The summed E-state index contributed by atoms with van der Waals surface area (Å²) in [5.41, 5.74) is 10.5. The quantitative estimate of drug-likeness (QED) is 0.125. The Balaban J connectivity index is 0.000000230. The molecule has 4 aliphatic heterocycles. The first-order valence-electron chi connectivity index (χ1n) is 24.1. The van der Waals surface area contributed by atoms with E-state index in [4.69, 9.17) is 28.9 Å². The predicted octanol–water partition coefficient (Wildman–Crippen LogP) is 13.4. The van der Waals surface area contributed by atoms with Crippen LogP contribution in [0.2, 0.25) is 0 Å². The van der Waals surface area contributed by atoms with Crippen LogP contribution in [-0.2, 0) is 33.1 Å². The van der Waals surface area contributed by atoms with Crippen molar-refractivity contribution >= 4 is 11.9 Å². The van der Waals surface area contributed by atoms with Gasteiger partial charge >= 0.3 is 11.9 Å². The van der Waals surface area contributed by atoms with Crippen LogP contribution in [-0.4, -0.2) is 49.3 Å². The third-order valence-electron chi connectivity index (χ3n) is 11.8. The van der Waals surface area contributed by atoms with Crippen LogP contribution < -0.4 is 9.47 Å². The molecule has 0 saturated carbocycles. The maximum absolute atomic E-state index is 11.9. The second-order valence-electron chi connectivity index (χ2n) is 19.3. The molecule has 6 heterocycles. The van der Waals surface area contributed by atoms with Gasteiger partial charge in [0.15, 0.2) is 0 Å². The topological polar surface area (TPSA) is 96.8 Å². The molecule has 0 saturated heterocycles. The van der Waals surface area contributed by atoms with Gasteiger partial charge in [-0.1, -0.05) is 109 Å². The molecule has 6 aromatic rings. The molecule has 0 spiro atoms. The number of aromatic nitrogens is 2. The van der Waals surface area contributed by atoms with E-state index < -0.39 is 11.9 Å². The molecule has 4 aromatic carbocycles. The number of ether oxygens (including phenoxy) is 4. The van der Waals surface area contributed by atoms with Crippen molar-refractivity contribution in [3.8, 4) is 57.8 Å². The lowest BCUT2D eigenvalue weighted by atomic mass is 9.79. The van der Waals surface area contributed by atoms with E-state index in [9.17, 15) is 9.59 Å². The van der Waals surface area contributed by atoms with Crippen LogP contribution in [0.25, 0.3) is 22.6 Å². The molecule has 0 atom stereocenters. The third kappa shape index (κ3) is 16.0. The normalized spacial score (nSPS) is 13.3. The second-order valence-corrected chi connectivity index (χ2v) is 19.3. The zero-order valence-electron chi connectivity index (χ0n) is 41.7. The molecule has 8 nitrogen and oxygen atoms in total. The summed E-state index contributed by atoms with van der Waals surface area (Å²) in [6.45, 7) is 14.6. The number of rotatable bonds is 2. The lowest BCUT2D eigenvalue weighted by Gasteiger charge is -2.25. The highest BCUT2D eigenvalue weighted by molar-refractivity contribution is 5.96. The molecule has 0 aliphatic carbocycles. The minimum Gasteiger partial charge on any atom is -0.494 e. The number of methoxy groups -OCH3 is 2. The van der Waals surface area contributed by atoms with Gasteiger partial charge in [0, 0.05) is 22.4 Å². The Labute approximate surface area is 410 Å². The van der Waals surface area contributed by atoms with Crippen molar-refractivity contribution in [2.24, 2.45) is 0 Å². The largest absolute Gasteiger partial charge is 0.494 e. The Morgan fingerprint density at radius 3 is 1.52 bits per heavy atom. The number of hydrogen-bond donors (Lipinski definition) is 0. The zero-order chi connectivity index (χ0) is 49.2. The van der Waals surface area contributed by atoms with Gasteiger partial charge in [-0.05, 0) is 162 Å². The Hall–Kier alpha value is -7.16. The van der Waals surface area contributed by atoms with Gasteiger partial charge < -0.3 is 18.9 Å². The number of esters is 2. The first-order chi connectivity index (χ1) is 33.2. The van der Waals surface area contributed by atoms with Crippen molar-refractivity contribution in [3.05, 3.63) is 166 Å². The van der Waals surface area contributed by atoms with Crippen molar-refractivity contribution in [1.82, 2.24) is 9.97 Å². The number of nitrogens with zero attached hydrogens (tertiary/aromatic N) is 2. The number of pyridine rings is 2. The molecule has 8 heteroatoms. The highest BCUT2D eigenvalue weighted by atomic mass is 16.5. The Bertz CT molecular complexity index is 2730. The van der Waals surface area contributed by atoms with Crippen LogP contribution in [0.4, 0.5) is 0 Å². The van der Waals surface area contributed by atoms with Crippen molar-refractivity contribution in [3.63, 3.8) is 0 Å². The monoisotopic (exact) mass is 922 g/mol. The van der Waals surface area contributed by atoms with E-state index in [0.717, 1.165) is 90.7 Å². The number of benzene rings is 4. The second kappa shape index (κ2) is 24.7. The van der Waals surface area contributed by atoms with Crippen molar-refractivity contribution in [2.45, 2.75) is 110 Å². The highest BCUT2D eigenvalue weighted by Gasteiger charge is 2.20. The van der Waals surface area contributed by atoms with E-state index >= 15 is 0 Å². The molecule has 69 heavy (non-hydrogen) atoms. The Morgan fingerprint density at radius 2 is 0.986 bits per heavy atom. The molecule has 0 fully saturated rings. The first-order valence-corrected chi connectivity index (χ1v) is 24.1. The van der Waals surface area contributed by atoms with Crippen molar-refractivity contribution in [2.75, 3.05) is 27.4 Å². The molecule has 0 radical (unpaired) electrons. The molecule has 4 aliphatic rings. The molecule has 0 unspecified atom stereocenters. The van der Waals surface area contributed by atoms with E-state index in [1.54, 1.807) is 12.1 Å². The standard InChI is InChI=1S/C33H36N2O2.C28H30O4/c1-2-4-6-25-37-30-22-18-27(19-23-30)31-13-9-15-33(35-31)32-14-8-12-28(34-32)11-7-10-26-16-20-29(21-17-26)36-24-5-3-1;1-27(2,3)23-15-20(16-24(18-23)28(4,5)6)12-10-9-11-19-13-21(25(29)31-7)17-22(14-19)26(30)32-8/h8-9,12-23H,1-7,10-11,24-25H2;13-18H,1-8H3. The molecular weight excluding hydrogens is 857 g/mol. The van der Waals surface area contributed by atoms with Crippen LogP contribution in [0.1, 0.15) is 141 Å². The summed E-state index contributed by atoms with van der Waals surface area (Å²) < 4.78 is 21.4. The summed E-state index contributed by atoms with van der Waals surface area (Å²) in [7, 11) is 2.56. The van der Waals surface area contributed by atoms with Crippen LogP contribution >= 0.6 is 0 Å². The molecule has 10 rings (SSSR count). The predicted molar refractivity (Wildman–Crippen MR) is 277 cm³/mol. The highest BCUT2D eigenvalue weighted by Crippen LogP contribution is 2.30. The zero-order valence-corrected chi connectivity index (χ0v) is 41.7. The summed E-state index contributed by atoms with van der Waals surface area (Å²) in [6, 6.07) is 40.2. The third-order valence-corrected chi connectivity index (χ3v) is 11.8. The molecular formula is C61H66N2O6. The molecule has 356 valence electrons. The SMILES string of the molecule is COC(=O)c1cc(C#CC#Cc2cc(C(C)(C)C)cc(C(C)(C)C)c2)cc(C(=O)OC)c1.c1cc2nc(c1)-c1cccc(n1)-c1ccc(cc1)OCCCCCCCCOc1ccc(cc1)CCC2. The van der Waals surface area contributed by atoms with Gasteiger partial charge in [-0.2, -0.15) is 0 Å². The molecule has 2 aromatic heterocycles. The summed E-state index contributed by atoms with van der Waals surface area (Å²) in [5, 5.41) is 0. The lowest BCUT2D eigenvalue weighted by molar-refractivity contribution is 0.0599. The number of hydrogen-bond acceptors (Lipinski definition) is 8. The van der Waals surface area contributed by atoms with Gasteiger partial charge in [0.1, 0.15) is 11.5 Å². The van der Waals surface area contributed by atoms with Gasteiger partial charge in [0.05, 0.1) is 55.6 Å². The minimum absolute atomic E-state index is 0.00197. The maximum Gasteiger partial charge on any atom is 0.337 e. The number of carbonyl (C=O) groups is 2. The van der Waals surface area contributed by atoms with Gasteiger partial charge in [-0.15, -0.1) is 0 Å². The van der Waals surface area contributed by atoms with Crippen LogP contribution in [0, 0.1) is 23.7 Å². The van der Waals surface area contributed by atoms with E-state index in [1.807, 2.05) is 24.3 Å². The number of aryl methyl sites for hydroxylation is 2. The van der Waals surface area contributed by atoms with Gasteiger partial charge in [0.2, 0.25) is 0 Å². The minimum atomic E-state index is -0.557. The molecule has 0 amide bonds. The maximum atomic E-state index is 11.9. The van der Waals surface area contributed by atoms with E-state index in [0.29, 0.717) is 5.56 Å². The van der Waals surface area contributed by atoms with Crippen LogP contribution in [0.3, 0.4) is 0 Å². The van der Waals surface area contributed by atoms with Crippen molar-refractivity contribution < 1.29 is 28.5 Å². The van der Waals surface area contributed by atoms with Gasteiger partial charge in [-0.3, -0.25) is 4.98 Å². The van der Waals surface area contributed by atoms with E-state index in [1.165, 1.54) is 62.7 Å². The lowest BCUT2D eigenvalue weighted by Crippen LogP contribution is -2.16. The van der Waals surface area contributed by atoms with Crippen LogP contribution in [0.15, 0.2) is 121 Å². The summed E-state index contributed by atoms with van der Waals surface area (Å²) >= 11 is 0. The summed E-state index contributed by atoms with van der Waals surface area (Å²) in [4.78, 5) is 33.7. The van der Waals surface area contributed by atoms with Crippen LogP contribution in [0.5, 0.6) is 11.5 Å². The Morgan fingerprint density at radius 1 is 0.507 bits per heavy atom. The fraction of sp³-hybridized carbons (Fsp3) is 0.344. The smallest absolute Gasteiger partial charge is 0.337 e. The Kier molecular flexibility index (Phi) is 18.4. The van der Waals surface area contributed by atoms with Gasteiger partial charge in [0.25, 0.3) is 0 Å². The van der Waals surface area contributed by atoms with Crippen molar-refractivity contribution in [1.29, 1.82) is 0 Å². The van der Waals surface area contributed by atoms with E-state index in [-0.39, 0.29) is 22.0 Å². The summed E-state index contributed by atoms with van der Waals surface area (Å²) in [6.07, 6.45) is 10.1. The average Bonchev–Trinajstić information content (AvgIpc) is 3.35. The fourth-order valence-corrected chi connectivity index (χ4v) is 7.68. The fourth-order valence-electron chi connectivity index (χ4n) is 7.68. The molecule has 0 N–H and O–H groups in total. The number of carbonyl (C=O) groups excluding carboxylic acids is 2. The van der Waals surface area contributed by atoms with Gasteiger partial charge in [-0.25, -0.2) is 14.6 Å².